The van der Waals surface area contributed by atoms with E-state index in [4.69, 9.17) is 0 Å². The number of rotatable bonds is 16. The summed E-state index contributed by atoms with van der Waals surface area (Å²) in [6, 6.07) is 14.7. The van der Waals surface area contributed by atoms with Gasteiger partial charge in [-0.15, -0.1) is 0 Å². The average molecular weight is 654 g/mol. The molecule has 1 saturated carbocycles. The quantitative estimate of drug-likeness (QED) is 0.185. The van der Waals surface area contributed by atoms with Crippen LogP contribution in [0.5, 0.6) is 0 Å². The predicted molar refractivity (Wildman–Crippen MR) is 179 cm³/mol. The first-order valence-corrected chi connectivity index (χ1v) is 18.0. The van der Waals surface area contributed by atoms with Gasteiger partial charge in [0, 0.05) is 37.3 Å². The van der Waals surface area contributed by atoms with Crippen molar-refractivity contribution in [1.82, 2.24) is 21.3 Å². The van der Waals surface area contributed by atoms with Gasteiger partial charge in [0.1, 0.15) is 0 Å². The maximum Gasteiger partial charge on any atom is 0.251 e. The minimum absolute atomic E-state index is 0.0538. The Morgan fingerprint density at radius 2 is 1.67 bits per heavy atom. The third-order valence-corrected chi connectivity index (χ3v) is 9.88. The van der Waals surface area contributed by atoms with Crippen molar-refractivity contribution in [3.05, 3.63) is 87.6 Å². The summed E-state index contributed by atoms with van der Waals surface area (Å²) in [7, 11) is -2.30. The fourth-order valence-electron chi connectivity index (χ4n) is 4.88. The van der Waals surface area contributed by atoms with E-state index in [1.807, 2.05) is 61.0 Å². The Balaban J connectivity index is 1.55. The number of carbonyl (C=O) groups excluding carboxylic acids is 3. The first-order valence-electron chi connectivity index (χ1n) is 15.2. The fourth-order valence-corrected chi connectivity index (χ4v) is 6.05. The Morgan fingerprint density at radius 3 is 2.24 bits per heavy atom. The third kappa shape index (κ3) is 10.1. The molecule has 45 heavy (non-hydrogen) atoms. The van der Waals surface area contributed by atoms with Crippen LogP contribution in [0.1, 0.15) is 71.0 Å². The number of hydrogen-bond acceptors (Lipinski definition) is 7. The van der Waals surface area contributed by atoms with Gasteiger partial charge in [0.2, 0.25) is 15.9 Å². The van der Waals surface area contributed by atoms with Crippen LogP contribution in [0.2, 0.25) is 0 Å². The van der Waals surface area contributed by atoms with Crippen LogP contribution in [-0.4, -0.2) is 64.6 Å². The summed E-state index contributed by atoms with van der Waals surface area (Å²) in [6.45, 7) is 4.81. The molecule has 10 nitrogen and oxygen atoms in total. The highest BCUT2D eigenvalue weighted by atomic mass is 32.2. The number of sulfonamides is 1. The highest BCUT2D eigenvalue weighted by Crippen LogP contribution is 2.27. The molecule has 12 heteroatoms. The largest absolute Gasteiger partial charge is 0.354 e. The van der Waals surface area contributed by atoms with Gasteiger partial charge in [0.15, 0.2) is 0 Å². The first kappa shape index (κ1) is 34.1. The molecular weight excluding hydrogens is 611 g/mol. The molecular formula is C33H43N5O5S2. The number of nitrogens with zero attached hydrogens (tertiary/aromatic N) is 1. The summed E-state index contributed by atoms with van der Waals surface area (Å²) >= 11 is 1.56. The highest BCUT2D eigenvalue weighted by molar-refractivity contribution is 7.92. The molecule has 4 N–H and O–H groups in total. The molecule has 1 aliphatic carbocycles. The number of thiophene rings is 1. The molecule has 3 amide bonds. The Labute approximate surface area is 270 Å². The number of hydrogen-bond donors (Lipinski definition) is 4. The van der Waals surface area contributed by atoms with Crippen LogP contribution in [-0.2, 0) is 21.2 Å². The topological polar surface area (TPSA) is 137 Å². The number of carbonyl (C=O) groups is 3. The summed E-state index contributed by atoms with van der Waals surface area (Å²) in [6.07, 6.45) is 4.47. The standard InChI is InChI=1S/C33H43N5O5S2/c1-5-30(33(41)35-19-23-11-12-23)34-20-28(15-24-13-14-44-21-24)37-32(40)27-16-26(17-29(18-27)38(3)45(4,42)43)31(39)36-22(2)25-9-7-6-8-10-25/h6-10,13-14,16-18,21-23,28,30,34H,5,11-12,15,19-20H2,1-4H3,(H,35,41)(H,36,39)(H,37,40)/t22-,28+,30+/m1/s1. The van der Waals surface area contributed by atoms with Gasteiger partial charge >= 0.3 is 0 Å². The van der Waals surface area contributed by atoms with Crippen LogP contribution in [0.4, 0.5) is 5.69 Å². The zero-order valence-electron chi connectivity index (χ0n) is 26.2. The van der Waals surface area contributed by atoms with E-state index < -0.39 is 27.9 Å². The predicted octanol–water partition coefficient (Wildman–Crippen LogP) is 3.87. The monoisotopic (exact) mass is 653 g/mol. The molecule has 0 bridgehead atoms. The number of benzene rings is 2. The molecule has 4 rings (SSSR count). The normalized spacial score (nSPS) is 15.0. The van der Waals surface area contributed by atoms with Crippen LogP contribution >= 0.6 is 11.3 Å². The van der Waals surface area contributed by atoms with Crippen molar-refractivity contribution in [2.45, 2.75) is 57.7 Å². The summed E-state index contributed by atoms with van der Waals surface area (Å²) in [5.41, 5.74) is 2.43. The highest BCUT2D eigenvalue weighted by Gasteiger charge is 2.25. The van der Waals surface area contributed by atoms with Crippen molar-refractivity contribution in [3.63, 3.8) is 0 Å². The van der Waals surface area contributed by atoms with Crippen molar-refractivity contribution >= 4 is 44.8 Å². The fraction of sp³-hybridized carbons (Fsp3) is 0.424. The van der Waals surface area contributed by atoms with Gasteiger partial charge in [-0.25, -0.2) is 8.42 Å². The van der Waals surface area contributed by atoms with Gasteiger partial charge in [-0.3, -0.25) is 18.7 Å². The van der Waals surface area contributed by atoms with Gasteiger partial charge in [-0.05, 0) is 84.7 Å². The van der Waals surface area contributed by atoms with E-state index in [9.17, 15) is 22.8 Å². The summed E-state index contributed by atoms with van der Waals surface area (Å²) in [5.74, 6) is -0.383. The molecule has 3 atom stereocenters. The Hall–Kier alpha value is -3.74. The SMILES string of the molecule is CC[C@H](NC[C@H](Cc1ccsc1)NC(=O)c1cc(C(=O)N[C@H](C)c2ccccc2)cc(N(C)S(C)(=O)=O)c1)C(=O)NCC1CC1. The molecule has 1 fully saturated rings. The molecule has 3 aromatic rings. The summed E-state index contributed by atoms with van der Waals surface area (Å²) in [5, 5.41) is 16.3. The van der Waals surface area contributed by atoms with Crippen LogP contribution in [0.15, 0.2) is 65.4 Å². The van der Waals surface area contributed by atoms with Gasteiger partial charge in [-0.2, -0.15) is 11.3 Å². The lowest BCUT2D eigenvalue weighted by atomic mass is 10.0. The lowest BCUT2D eigenvalue weighted by Gasteiger charge is -2.24. The van der Waals surface area contributed by atoms with Crippen LogP contribution in [0.3, 0.4) is 0 Å². The molecule has 1 aromatic heterocycles. The van der Waals surface area contributed by atoms with E-state index in [1.54, 1.807) is 11.3 Å². The van der Waals surface area contributed by atoms with Crippen molar-refractivity contribution in [2.24, 2.45) is 5.92 Å². The lowest BCUT2D eigenvalue weighted by Crippen LogP contribution is -2.50. The zero-order valence-corrected chi connectivity index (χ0v) is 27.8. The maximum absolute atomic E-state index is 13.7. The van der Waals surface area contributed by atoms with E-state index in [0.717, 1.165) is 34.5 Å². The van der Waals surface area contributed by atoms with Crippen molar-refractivity contribution in [1.29, 1.82) is 0 Å². The zero-order chi connectivity index (χ0) is 32.6. The van der Waals surface area contributed by atoms with Crippen LogP contribution in [0.25, 0.3) is 0 Å². The van der Waals surface area contributed by atoms with Gasteiger partial charge in [-0.1, -0.05) is 37.3 Å². The minimum Gasteiger partial charge on any atom is -0.354 e. The summed E-state index contributed by atoms with van der Waals surface area (Å²) < 4.78 is 25.9. The van der Waals surface area contributed by atoms with E-state index in [2.05, 4.69) is 21.3 Å². The Kier molecular flexibility index (Phi) is 11.8. The van der Waals surface area contributed by atoms with Gasteiger partial charge < -0.3 is 21.3 Å². The lowest BCUT2D eigenvalue weighted by molar-refractivity contribution is -0.123. The maximum atomic E-state index is 13.7. The minimum atomic E-state index is -3.68. The number of amides is 3. The second-order valence-electron chi connectivity index (χ2n) is 11.7. The van der Waals surface area contributed by atoms with Crippen molar-refractivity contribution in [2.75, 3.05) is 30.7 Å². The van der Waals surface area contributed by atoms with E-state index in [-0.39, 0.29) is 34.8 Å². The molecule has 0 radical (unpaired) electrons. The summed E-state index contributed by atoms with van der Waals surface area (Å²) in [4.78, 5) is 39.9. The molecule has 0 unspecified atom stereocenters. The second-order valence-corrected chi connectivity index (χ2v) is 14.5. The molecule has 0 aliphatic heterocycles. The number of nitrogens with one attached hydrogen (secondary N) is 4. The van der Waals surface area contributed by atoms with E-state index in [0.29, 0.717) is 31.8 Å². The molecule has 1 heterocycles. The van der Waals surface area contributed by atoms with Gasteiger partial charge in [0.05, 0.1) is 24.0 Å². The van der Waals surface area contributed by atoms with Crippen molar-refractivity contribution < 1.29 is 22.8 Å². The molecule has 242 valence electrons. The smallest absolute Gasteiger partial charge is 0.251 e. The number of anilines is 1. The third-order valence-electron chi connectivity index (χ3n) is 7.95. The first-order chi connectivity index (χ1) is 21.4. The van der Waals surface area contributed by atoms with Crippen LogP contribution in [0, 0.1) is 5.92 Å². The van der Waals surface area contributed by atoms with Crippen molar-refractivity contribution in [3.8, 4) is 0 Å². The Morgan fingerprint density at radius 1 is 1.00 bits per heavy atom. The Bertz CT molecular complexity index is 1560. The second kappa shape index (κ2) is 15.5. The average Bonchev–Trinajstić information content (AvgIpc) is 3.72. The molecule has 0 spiro atoms. The van der Waals surface area contributed by atoms with E-state index in [1.165, 1.54) is 25.2 Å². The van der Waals surface area contributed by atoms with Gasteiger partial charge in [0.25, 0.3) is 11.8 Å². The van der Waals surface area contributed by atoms with Crippen LogP contribution < -0.4 is 25.6 Å². The molecule has 2 aromatic carbocycles. The van der Waals surface area contributed by atoms with E-state index >= 15 is 0 Å². The molecule has 1 aliphatic rings. The molecule has 0 saturated heterocycles.